The molecule has 0 saturated carbocycles. The molecule has 3 N–H and O–H groups in total. The molecule has 0 bridgehead atoms. The molecule has 2 rings (SSSR count). The highest BCUT2D eigenvalue weighted by molar-refractivity contribution is 9.10. The van der Waals surface area contributed by atoms with Gasteiger partial charge in [0, 0.05) is 10.7 Å². The van der Waals surface area contributed by atoms with Crippen LogP contribution in [0.1, 0.15) is 0 Å². The van der Waals surface area contributed by atoms with Crippen LogP contribution in [-0.4, -0.2) is 4.98 Å². The van der Waals surface area contributed by atoms with E-state index >= 15 is 0 Å². The molecule has 2 aromatic rings. The first-order valence-corrected chi connectivity index (χ1v) is 5.76. The SMILES string of the molecule is Nc1cccnc1Nc1cc(Br)ccc1Cl. The van der Waals surface area contributed by atoms with Gasteiger partial charge < -0.3 is 11.1 Å². The Morgan fingerprint density at radius 3 is 2.88 bits per heavy atom. The number of nitrogens with one attached hydrogen (secondary N) is 1. The summed E-state index contributed by atoms with van der Waals surface area (Å²) in [5.41, 5.74) is 7.12. The minimum atomic E-state index is 0.582. The number of hydrogen-bond acceptors (Lipinski definition) is 3. The van der Waals surface area contributed by atoms with Crippen LogP contribution in [0.5, 0.6) is 0 Å². The van der Waals surface area contributed by atoms with Crippen molar-refractivity contribution in [3.05, 3.63) is 46.0 Å². The monoisotopic (exact) mass is 297 g/mol. The Balaban J connectivity index is 2.34. The third-order valence-electron chi connectivity index (χ3n) is 2.02. The molecular weight excluding hydrogens is 289 g/mol. The minimum Gasteiger partial charge on any atom is -0.396 e. The van der Waals surface area contributed by atoms with Crippen LogP contribution in [0.4, 0.5) is 17.2 Å². The Bertz CT molecular complexity index is 516. The van der Waals surface area contributed by atoms with E-state index in [1.54, 1.807) is 24.4 Å². The lowest BCUT2D eigenvalue weighted by Crippen LogP contribution is -1.98. The molecule has 0 aliphatic heterocycles. The van der Waals surface area contributed by atoms with Gasteiger partial charge in [0.15, 0.2) is 5.82 Å². The third-order valence-corrected chi connectivity index (χ3v) is 2.84. The molecular formula is C11H9BrClN3. The summed E-state index contributed by atoms with van der Waals surface area (Å²) in [6, 6.07) is 9.10. The smallest absolute Gasteiger partial charge is 0.153 e. The number of rotatable bonds is 2. The lowest BCUT2D eigenvalue weighted by molar-refractivity contribution is 1.31. The van der Waals surface area contributed by atoms with E-state index in [1.165, 1.54) is 0 Å². The van der Waals surface area contributed by atoms with Crippen molar-refractivity contribution in [2.75, 3.05) is 11.1 Å². The summed E-state index contributed by atoms with van der Waals surface area (Å²) in [4.78, 5) is 4.13. The standard InChI is InChI=1S/C11H9BrClN3/c12-7-3-4-8(13)10(6-7)16-11-9(14)2-1-5-15-11/h1-6H,14H2,(H,15,16). The quantitative estimate of drug-likeness (QED) is 0.886. The van der Waals surface area contributed by atoms with Crippen LogP contribution in [-0.2, 0) is 0 Å². The number of anilines is 3. The van der Waals surface area contributed by atoms with Crippen molar-refractivity contribution < 1.29 is 0 Å². The molecule has 16 heavy (non-hydrogen) atoms. The van der Waals surface area contributed by atoms with E-state index in [4.69, 9.17) is 17.3 Å². The van der Waals surface area contributed by atoms with Crippen molar-refractivity contribution in [2.45, 2.75) is 0 Å². The largest absolute Gasteiger partial charge is 0.396 e. The molecule has 0 spiro atoms. The molecule has 1 heterocycles. The summed E-state index contributed by atoms with van der Waals surface area (Å²) in [5.74, 6) is 0.600. The Morgan fingerprint density at radius 2 is 2.12 bits per heavy atom. The molecule has 82 valence electrons. The number of pyridine rings is 1. The molecule has 0 unspecified atom stereocenters. The third kappa shape index (κ3) is 2.46. The van der Waals surface area contributed by atoms with Gasteiger partial charge in [0.25, 0.3) is 0 Å². The van der Waals surface area contributed by atoms with E-state index in [-0.39, 0.29) is 0 Å². The van der Waals surface area contributed by atoms with Crippen LogP contribution in [0, 0.1) is 0 Å². The van der Waals surface area contributed by atoms with Gasteiger partial charge in [0.2, 0.25) is 0 Å². The Hall–Kier alpha value is -1.26. The lowest BCUT2D eigenvalue weighted by atomic mass is 10.3. The van der Waals surface area contributed by atoms with Crippen LogP contribution in [0.2, 0.25) is 5.02 Å². The molecule has 1 aromatic carbocycles. The zero-order valence-electron chi connectivity index (χ0n) is 8.24. The highest BCUT2D eigenvalue weighted by atomic mass is 79.9. The van der Waals surface area contributed by atoms with Gasteiger partial charge in [-0.1, -0.05) is 27.5 Å². The second-order valence-electron chi connectivity index (χ2n) is 3.19. The molecule has 0 atom stereocenters. The zero-order chi connectivity index (χ0) is 11.5. The Kier molecular flexibility index (Phi) is 3.31. The van der Waals surface area contributed by atoms with Gasteiger partial charge in [-0.3, -0.25) is 0 Å². The maximum absolute atomic E-state index is 6.05. The van der Waals surface area contributed by atoms with Crippen molar-refractivity contribution in [3.8, 4) is 0 Å². The summed E-state index contributed by atoms with van der Waals surface area (Å²) in [6.45, 7) is 0. The van der Waals surface area contributed by atoms with Gasteiger partial charge in [0.05, 0.1) is 16.4 Å². The summed E-state index contributed by atoms with van der Waals surface area (Å²) in [5, 5.41) is 3.70. The van der Waals surface area contributed by atoms with Crippen molar-refractivity contribution >= 4 is 44.7 Å². The van der Waals surface area contributed by atoms with E-state index in [0.29, 0.717) is 16.5 Å². The van der Waals surface area contributed by atoms with Gasteiger partial charge in [-0.25, -0.2) is 4.98 Å². The van der Waals surface area contributed by atoms with Gasteiger partial charge >= 0.3 is 0 Å². The summed E-state index contributed by atoms with van der Waals surface area (Å²) < 4.78 is 0.939. The highest BCUT2D eigenvalue weighted by Gasteiger charge is 2.04. The Labute approximate surface area is 107 Å². The lowest BCUT2D eigenvalue weighted by Gasteiger charge is -2.09. The van der Waals surface area contributed by atoms with Crippen LogP contribution in [0.25, 0.3) is 0 Å². The fourth-order valence-electron chi connectivity index (χ4n) is 1.24. The summed E-state index contributed by atoms with van der Waals surface area (Å²) >= 11 is 9.42. The van der Waals surface area contributed by atoms with E-state index < -0.39 is 0 Å². The topological polar surface area (TPSA) is 50.9 Å². The molecule has 0 amide bonds. The van der Waals surface area contributed by atoms with Crippen molar-refractivity contribution in [2.24, 2.45) is 0 Å². The van der Waals surface area contributed by atoms with Crippen molar-refractivity contribution in [3.63, 3.8) is 0 Å². The van der Waals surface area contributed by atoms with E-state index in [0.717, 1.165) is 10.2 Å². The summed E-state index contributed by atoms with van der Waals surface area (Å²) in [7, 11) is 0. The second kappa shape index (κ2) is 4.72. The molecule has 5 heteroatoms. The molecule has 0 radical (unpaired) electrons. The minimum absolute atomic E-state index is 0.582. The molecule has 0 saturated heterocycles. The van der Waals surface area contributed by atoms with Crippen LogP contribution < -0.4 is 11.1 Å². The molecule has 0 aliphatic rings. The van der Waals surface area contributed by atoms with Crippen molar-refractivity contribution in [1.29, 1.82) is 0 Å². The van der Waals surface area contributed by atoms with Gasteiger partial charge in [-0.15, -0.1) is 0 Å². The van der Waals surface area contributed by atoms with Crippen LogP contribution in [0.15, 0.2) is 41.0 Å². The normalized spacial score (nSPS) is 10.1. The highest BCUT2D eigenvalue weighted by Crippen LogP contribution is 2.29. The Morgan fingerprint density at radius 1 is 1.31 bits per heavy atom. The van der Waals surface area contributed by atoms with E-state index in [1.807, 2.05) is 12.1 Å². The second-order valence-corrected chi connectivity index (χ2v) is 4.51. The average Bonchev–Trinajstić information content (AvgIpc) is 2.27. The number of nitrogens with two attached hydrogens (primary N) is 1. The first-order chi connectivity index (χ1) is 7.66. The maximum Gasteiger partial charge on any atom is 0.153 e. The molecule has 0 aliphatic carbocycles. The van der Waals surface area contributed by atoms with Gasteiger partial charge in [-0.05, 0) is 30.3 Å². The predicted molar refractivity (Wildman–Crippen MR) is 71.1 cm³/mol. The maximum atomic E-state index is 6.05. The number of nitrogens with zero attached hydrogens (tertiary/aromatic N) is 1. The average molecular weight is 299 g/mol. The first-order valence-electron chi connectivity index (χ1n) is 4.59. The number of nitrogen functional groups attached to an aromatic ring is 1. The van der Waals surface area contributed by atoms with E-state index in [9.17, 15) is 0 Å². The molecule has 0 fully saturated rings. The van der Waals surface area contributed by atoms with Crippen molar-refractivity contribution in [1.82, 2.24) is 4.98 Å². The first kappa shape index (κ1) is 11.2. The number of benzene rings is 1. The van der Waals surface area contributed by atoms with E-state index in [2.05, 4.69) is 26.2 Å². The van der Waals surface area contributed by atoms with Gasteiger partial charge in [-0.2, -0.15) is 0 Å². The fourth-order valence-corrected chi connectivity index (χ4v) is 1.77. The summed E-state index contributed by atoms with van der Waals surface area (Å²) in [6.07, 6.45) is 1.67. The number of halogens is 2. The molecule has 1 aromatic heterocycles. The van der Waals surface area contributed by atoms with Gasteiger partial charge in [0.1, 0.15) is 0 Å². The number of aromatic nitrogens is 1. The zero-order valence-corrected chi connectivity index (χ0v) is 10.6. The fraction of sp³-hybridized carbons (Fsp3) is 0. The van der Waals surface area contributed by atoms with Crippen LogP contribution in [0.3, 0.4) is 0 Å². The molecule has 3 nitrogen and oxygen atoms in total. The number of hydrogen-bond donors (Lipinski definition) is 2. The predicted octanol–water partition coefficient (Wildman–Crippen LogP) is 3.82. The van der Waals surface area contributed by atoms with Crippen LogP contribution >= 0.6 is 27.5 Å².